The standard InChI is InChI=1S/C20H34N4O6/c1-11(2)10-14(17(26)23-16(12(3)25)20(29)30)22-18(27)15-7-5-9-24(15)19(28)13-6-4-8-21-13/h11-16,21,25H,4-10H2,1-3H3,(H,22,27)(H,23,26)(H,29,30). The van der Waals surface area contributed by atoms with E-state index < -0.39 is 42.0 Å². The Bertz CT molecular complexity index is 647. The molecular formula is C20H34N4O6. The number of hydrogen-bond donors (Lipinski definition) is 5. The number of carbonyl (C=O) groups is 4. The van der Waals surface area contributed by atoms with Crippen molar-refractivity contribution in [3.8, 4) is 0 Å². The third-order valence-electron chi connectivity index (χ3n) is 5.58. The molecule has 0 saturated carbocycles. The van der Waals surface area contributed by atoms with Gasteiger partial charge in [0.2, 0.25) is 17.7 Å². The average molecular weight is 427 g/mol. The van der Waals surface area contributed by atoms with Crippen LogP contribution >= 0.6 is 0 Å². The molecule has 5 atom stereocenters. The molecule has 30 heavy (non-hydrogen) atoms. The van der Waals surface area contributed by atoms with Gasteiger partial charge in [0.15, 0.2) is 6.04 Å². The zero-order chi connectivity index (χ0) is 22.4. The maximum atomic E-state index is 13.0. The number of likely N-dealkylation sites (tertiary alicyclic amines) is 1. The quantitative estimate of drug-likeness (QED) is 0.324. The summed E-state index contributed by atoms with van der Waals surface area (Å²) in [7, 11) is 0. The molecule has 2 saturated heterocycles. The summed E-state index contributed by atoms with van der Waals surface area (Å²) in [4.78, 5) is 51.3. The molecule has 0 radical (unpaired) electrons. The Balaban J connectivity index is 2.07. The monoisotopic (exact) mass is 426 g/mol. The first-order valence-corrected chi connectivity index (χ1v) is 10.7. The maximum absolute atomic E-state index is 13.0. The molecule has 3 amide bonds. The van der Waals surface area contributed by atoms with Crippen molar-refractivity contribution in [2.24, 2.45) is 5.92 Å². The zero-order valence-electron chi connectivity index (χ0n) is 17.9. The van der Waals surface area contributed by atoms with E-state index in [1.165, 1.54) is 6.92 Å². The van der Waals surface area contributed by atoms with E-state index in [0.29, 0.717) is 25.8 Å². The topological polar surface area (TPSA) is 148 Å². The molecule has 0 aromatic heterocycles. The Hall–Kier alpha value is -2.20. The van der Waals surface area contributed by atoms with Gasteiger partial charge in [-0.3, -0.25) is 14.4 Å². The summed E-state index contributed by atoms with van der Waals surface area (Å²) in [5.41, 5.74) is 0. The van der Waals surface area contributed by atoms with Crippen LogP contribution in [0.2, 0.25) is 0 Å². The molecule has 0 aromatic rings. The van der Waals surface area contributed by atoms with Crippen molar-refractivity contribution in [2.75, 3.05) is 13.1 Å². The number of carboxylic acid groups (broad SMARTS) is 1. The second-order valence-electron chi connectivity index (χ2n) is 8.59. The largest absolute Gasteiger partial charge is 0.480 e. The van der Waals surface area contributed by atoms with Crippen molar-refractivity contribution >= 4 is 23.7 Å². The van der Waals surface area contributed by atoms with Crippen LogP contribution in [0.3, 0.4) is 0 Å². The second-order valence-corrected chi connectivity index (χ2v) is 8.59. The van der Waals surface area contributed by atoms with E-state index in [1.807, 2.05) is 13.8 Å². The lowest BCUT2D eigenvalue weighted by atomic mass is 10.0. The minimum Gasteiger partial charge on any atom is -0.480 e. The fraction of sp³-hybridized carbons (Fsp3) is 0.800. The number of nitrogens with zero attached hydrogens (tertiary/aromatic N) is 1. The van der Waals surface area contributed by atoms with Gasteiger partial charge in [0.1, 0.15) is 12.1 Å². The molecule has 10 heteroatoms. The number of aliphatic carboxylic acids is 1. The first-order chi connectivity index (χ1) is 14.1. The van der Waals surface area contributed by atoms with Crippen LogP contribution in [0.1, 0.15) is 52.9 Å². The number of hydrogen-bond acceptors (Lipinski definition) is 6. The summed E-state index contributed by atoms with van der Waals surface area (Å²) in [6.45, 7) is 6.32. The summed E-state index contributed by atoms with van der Waals surface area (Å²) in [6.07, 6.45) is 1.91. The van der Waals surface area contributed by atoms with Crippen molar-refractivity contribution in [3.05, 3.63) is 0 Å². The number of aliphatic hydroxyl groups excluding tert-OH is 1. The van der Waals surface area contributed by atoms with Crippen LogP contribution in [0.5, 0.6) is 0 Å². The van der Waals surface area contributed by atoms with Crippen LogP contribution in [0, 0.1) is 5.92 Å². The average Bonchev–Trinajstić information content (AvgIpc) is 3.35. The number of amides is 3. The van der Waals surface area contributed by atoms with Gasteiger partial charge >= 0.3 is 5.97 Å². The lowest BCUT2D eigenvalue weighted by Gasteiger charge is -2.29. The van der Waals surface area contributed by atoms with Gasteiger partial charge in [-0.1, -0.05) is 13.8 Å². The van der Waals surface area contributed by atoms with Gasteiger partial charge in [-0.05, 0) is 51.5 Å². The molecule has 0 bridgehead atoms. The highest BCUT2D eigenvalue weighted by molar-refractivity contribution is 5.94. The maximum Gasteiger partial charge on any atom is 0.328 e. The van der Waals surface area contributed by atoms with E-state index in [9.17, 15) is 29.4 Å². The molecule has 2 rings (SSSR count). The van der Waals surface area contributed by atoms with E-state index in [2.05, 4.69) is 16.0 Å². The van der Waals surface area contributed by atoms with E-state index >= 15 is 0 Å². The normalized spacial score (nSPS) is 24.4. The molecule has 0 aliphatic carbocycles. The van der Waals surface area contributed by atoms with E-state index in [1.54, 1.807) is 4.90 Å². The Labute approximate surface area is 176 Å². The minimum absolute atomic E-state index is 0.0554. The summed E-state index contributed by atoms with van der Waals surface area (Å²) < 4.78 is 0. The Kier molecular flexibility index (Phi) is 8.60. The third-order valence-corrected chi connectivity index (χ3v) is 5.58. The van der Waals surface area contributed by atoms with Gasteiger partial charge in [-0.25, -0.2) is 4.79 Å². The number of carboxylic acids is 1. The fourth-order valence-electron chi connectivity index (χ4n) is 4.01. The van der Waals surface area contributed by atoms with Crippen LogP contribution in [-0.2, 0) is 19.2 Å². The first-order valence-electron chi connectivity index (χ1n) is 10.7. The van der Waals surface area contributed by atoms with E-state index in [4.69, 9.17) is 0 Å². The molecule has 2 aliphatic heterocycles. The van der Waals surface area contributed by atoms with Gasteiger partial charge in [-0.2, -0.15) is 0 Å². The SMILES string of the molecule is CC(C)CC(NC(=O)C1CCCN1C(=O)C1CCCN1)C(=O)NC(C(=O)O)C(C)O. The molecule has 2 heterocycles. The highest BCUT2D eigenvalue weighted by Gasteiger charge is 2.39. The number of rotatable bonds is 9. The molecular weight excluding hydrogens is 392 g/mol. The van der Waals surface area contributed by atoms with Gasteiger partial charge in [0.25, 0.3) is 0 Å². The summed E-state index contributed by atoms with van der Waals surface area (Å²) in [5, 5.41) is 27.0. The summed E-state index contributed by atoms with van der Waals surface area (Å²) in [6, 6.07) is -3.34. The van der Waals surface area contributed by atoms with Crippen LogP contribution < -0.4 is 16.0 Å². The highest BCUT2D eigenvalue weighted by atomic mass is 16.4. The molecule has 5 N–H and O–H groups in total. The van der Waals surface area contributed by atoms with Gasteiger partial charge in [0.05, 0.1) is 12.1 Å². The molecule has 2 aliphatic rings. The number of carbonyl (C=O) groups excluding carboxylic acids is 3. The first kappa shape index (κ1) is 24.1. The lowest BCUT2D eigenvalue weighted by Crippen LogP contribution is -2.58. The van der Waals surface area contributed by atoms with E-state index in [0.717, 1.165) is 19.4 Å². The van der Waals surface area contributed by atoms with Crippen LogP contribution in [0.4, 0.5) is 0 Å². The smallest absolute Gasteiger partial charge is 0.328 e. The predicted molar refractivity (Wildman–Crippen MR) is 108 cm³/mol. The Morgan fingerprint density at radius 3 is 2.33 bits per heavy atom. The van der Waals surface area contributed by atoms with Crippen LogP contribution in [-0.4, -0.2) is 82.2 Å². The van der Waals surface area contributed by atoms with E-state index in [-0.39, 0.29) is 17.9 Å². The highest BCUT2D eigenvalue weighted by Crippen LogP contribution is 2.21. The summed E-state index contributed by atoms with van der Waals surface area (Å²) in [5.74, 6) is -2.47. The number of aliphatic hydroxyl groups is 1. The fourth-order valence-corrected chi connectivity index (χ4v) is 4.01. The minimum atomic E-state index is -1.47. The molecule has 2 fully saturated rings. The van der Waals surface area contributed by atoms with Crippen molar-refractivity contribution < 1.29 is 29.4 Å². The lowest BCUT2D eigenvalue weighted by molar-refractivity contribution is -0.145. The summed E-state index contributed by atoms with van der Waals surface area (Å²) >= 11 is 0. The number of nitrogens with one attached hydrogen (secondary N) is 3. The van der Waals surface area contributed by atoms with Gasteiger partial charge in [0, 0.05) is 6.54 Å². The third kappa shape index (κ3) is 6.15. The van der Waals surface area contributed by atoms with Crippen molar-refractivity contribution in [1.82, 2.24) is 20.9 Å². The van der Waals surface area contributed by atoms with Crippen molar-refractivity contribution in [2.45, 2.75) is 83.1 Å². The van der Waals surface area contributed by atoms with Gasteiger partial charge in [-0.15, -0.1) is 0 Å². The second kappa shape index (κ2) is 10.7. The van der Waals surface area contributed by atoms with Crippen LogP contribution in [0.25, 0.3) is 0 Å². The van der Waals surface area contributed by atoms with Crippen molar-refractivity contribution in [3.63, 3.8) is 0 Å². The molecule has 0 aromatic carbocycles. The van der Waals surface area contributed by atoms with Crippen molar-refractivity contribution in [1.29, 1.82) is 0 Å². The zero-order valence-corrected chi connectivity index (χ0v) is 17.9. The molecule has 5 unspecified atom stereocenters. The molecule has 0 spiro atoms. The molecule has 10 nitrogen and oxygen atoms in total. The van der Waals surface area contributed by atoms with Gasteiger partial charge < -0.3 is 31.1 Å². The molecule has 170 valence electrons. The predicted octanol–water partition coefficient (Wildman–Crippen LogP) is -0.789. The van der Waals surface area contributed by atoms with Crippen LogP contribution in [0.15, 0.2) is 0 Å². The Morgan fingerprint density at radius 1 is 1.10 bits per heavy atom. The Morgan fingerprint density at radius 2 is 1.80 bits per heavy atom.